The van der Waals surface area contributed by atoms with Crippen molar-refractivity contribution in [3.05, 3.63) is 55.0 Å². The molecule has 6 nitrogen and oxygen atoms in total. The molecule has 2 aromatic heterocycles. The molecular weight excluding hydrogens is 300 g/mol. The minimum atomic E-state index is 0.612. The summed E-state index contributed by atoms with van der Waals surface area (Å²) in [5, 5.41) is 7.67. The normalized spacial score (nSPS) is 11.6. The summed E-state index contributed by atoms with van der Waals surface area (Å²) in [5.74, 6) is 0.612. The van der Waals surface area contributed by atoms with Crippen LogP contribution in [-0.2, 0) is 0 Å². The molecule has 0 unspecified atom stereocenters. The Hall–Kier alpha value is -3.28. The molecule has 0 aliphatic heterocycles. The molecule has 0 N–H and O–H groups in total. The first kappa shape index (κ1) is 14.3. The molecule has 0 saturated carbocycles. The third-order valence-electron chi connectivity index (χ3n) is 3.73. The third-order valence-corrected chi connectivity index (χ3v) is 3.73. The van der Waals surface area contributed by atoms with Gasteiger partial charge in [0.15, 0.2) is 11.5 Å². The lowest BCUT2D eigenvalue weighted by molar-refractivity contribution is 0.643. The number of aliphatic imine (C=N–C) groups is 1. The third kappa shape index (κ3) is 2.48. The number of aromatic nitrogens is 4. The van der Waals surface area contributed by atoms with Crippen molar-refractivity contribution in [2.45, 2.75) is 0 Å². The quantitative estimate of drug-likeness (QED) is 0.430. The Balaban J connectivity index is 1.86. The monoisotopic (exact) mass is 316 g/mol. The fraction of sp³-hybridized carbons (Fsp3) is 0.111. The van der Waals surface area contributed by atoms with E-state index in [-0.39, 0.29) is 0 Å². The van der Waals surface area contributed by atoms with Crippen LogP contribution in [0.2, 0.25) is 0 Å². The Kier molecular flexibility index (Phi) is 3.42. The van der Waals surface area contributed by atoms with E-state index in [4.69, 9.17) is 0 Å². The lowest BCUT2D eigenvalue weighted by atomic mass is 10.1. The Morgan fingerprint density at radius 3 is 2.71 bits per heavy atom. The summed E-state index contributed by atoms with van der Waals surface area (Å²) >= 11 is 0. The zero-order valence-electron chi connectivity index (χ0n) is 13.5. The number of nitrogens with zero attached hydrogens (tertiary/aromatic N) is 6. The molecule has 0 aliphatic carbocycles. The van der Waals surface area contributed by atoms with Crippen LogP contribution in [0.5, 0.6) is 0 Å². The molecule has 2 heterocycles. The van der Waals surface area contributed by atoms with Crippen LogP contribution in [-0.4, -0.2) is 45.1 Å². The van der Waals surface area contributed by atoms with E-state index in [2.05, 4.69) is 44.3 Å². The van der Waals surface area contributed by atoms with Gasteiger partial charge in [-0.05, 0) is 22.9 Å². The van der Waals surface area contributed by atoms with Crippen LogP contribution >= 0.6 is 0 Å². The van der Waals surface area contributed by atoms with E-state index in [0.717, 1.165) is 16.7 Å². The molecule has 4 rings (SSSR count). The van der Waals surface area contributed by atoms with Gasteiger partial charge in [0.1, 0.15) is 6.33 Å². The van der Waals surface area contributed by atoms with E-state index >= 15 is 0 Å². The van der Waals surface area contributed by atoms with Gasteiger partial charge in [0.2, 0.25) is 0 Å². The average molecular weight is 316 g/mol. The Labute approximate surface area is 139 Å². The summed E-state index contributed by atoms with van der Waals surface area (Å²) < 4.78 is 1.82. The molecule has 0 radical (unpaired) electrons. The van der Waals surface area contributed by atoms with Crippen LogP contribution < -0.4 is 0 Å². The highest BCUT2D eigenvalue weighted by molar-refractivity contribution is 5.88. The first-order valence-electron chi connectivity index (χ1n) is 7.61. The second-order valence-corrected chi connectivity index (χ2v) is 5.73. The van der Waals surface area contributed by atoms with Crippen molar-refractivity contribution in [1.82, 2.24) is 24.6 Å². The standard InChI is InChI=1S/C18H16N6/c1-23(2)12-21-17-16-10-22-24(18(16)20-11-19-17)15-8-7-13-5-3-4-6-14(13)9-15/h3-12H,1-2H3. The van der Waals surface area contributed by atoms with Gasteiger partial charge in [0.25, 0.3) is 0 Å². The van der Waals surface area contributed by atoms with Crippen molar-refractivity contribution < 1.29 is 0 Å². The second-order valence-electron chi connectivity index (χ2n) is 5.73. The minimum Gasteiger partial charge on any atom is -0.369 e. The van der Waals surface area contributed by atoms with Crippen LogP contribution in [0.25, 0.3) is 27.5 Å². The molecule has 0 spiro atoms. The van der Waals surface area contributed by atoms with Gasteiger partial charge in [0.05, 0.1) is 23.6 Å². The van der Waals surface area contributed by atoms with Gasteiger partial charge < -0.3 is 4.90 Å². The van der Waals surface area contributed by atoms with Crippen molar-refractivity contribution in [2.24, 2.45) is 4.99 Å². The van der Waals surface area contributed by atoms with Crippen LogP contribution in [0.1, 0.15) is 0 Å². The van der Waals surface area contributed by atoms with Crippen molar-refractivity contribution in [1.29, 1.82) is 0 Å². The molecular formula is C18H16N6. The molecule has 24 heavy (non-hydrogen) atoms. The van der Waals surface area contributed by atoms with Gasteiger partial charge in [0, 0.05) is 14.1 Å². The van der Waals surface area contributed by atoms with Crippen molar-refractivity contribution in [3.8, 4) is 5.69 Å². The van der Waals surface area contributed by atoms with E-state index in [0.29, 0.717) is 5.82 Å². The SMILES string of the molecule is CN(C)C=Nc1ncnc2c1cnn2-c1ccc2ccccc2c1. The fourth-order valence-electron chi connectivity index (χ4n) is 2.60. The number of hydrogen-bond acceptors (Lipinski definition) is 4. The zero-order chi connectivity index (χ0) is 16.5. The summed E-state index contributed by atoms with van der Waals surface area (Å²) in [6.07, 6.45) is 4.99. The molecule has 118 valence electrons. The van der Waals surface area contributed by atoms with Crippen LogP contribution in [0.3, 0.4) is 0 Å². The summed E-state index contributed by atoms with van der Waals surface area (Å²) in [6, 6.07) is 14.5. The fourth-order valence-corrected chi connectivity index (χ4v) is 2.60. The van der Waals surface area contributed by atoms with Crippen molar-refractivity contribution >= 4 is 34.0 Å². The maximum Gasteiger partial charge on any atom is 0.168 e. The lowest BCUT2D eigenvalue weighted by Gasteiger charge is -2.05. The number of fused-ring (bicyclic) bond motifs is 2. The minimum absolute atomic E-state index is 0.612. The van der Waals surface area contributed by atoms with E-state index in [9.17, 15) is 0 Å². The van der Waals surface area contributed by atoms with Gasteiger partial charge in [-0.3, -0.25) is 0 Å². The predicted molar refractivity (Wildman–Crippen MR) is 96.0 cm³/mol. The summed E-state index contributed by atoms with van der Waals surface area (Å²) in [6.45, 7) is 0. The first-order chi connectivity index (χ1) is 11.7. The van der Waals surface area contributed by atoms with Crippen LogP contribution in [0, 0.1) is 0 Å². The molecule has 0 atom stereocenters. The van der Waals surface area contributed by atoms with Gasteiger partial charge in [-0.25, -0.2) is 19.6 Å². The summed E-state index contributed by atoms with van der Waals surface area (Å²) in [4.78, 5) is 14.9. The smallest absolute Gasteiger partial charge is 0.168 e. The number of hydrogen-bond donors (Lipinski definition) is 0. The van der Waals surface area contributed by atoms with Crippen LogP contribution in [0.15, 0.2) is 60.0 Å². The zero-order valence-corrected chi connectivity index (χ0v) is 13.5. The van der Waals surface area contributed by atoms with Gasteiger partial charge in [-0.2, -0.15) is 5.10 Å². The highest BCUT2D eigenvalue weighted by Crippen LogP contribution is 2.25. The van der Waals surface area contributed by atoms with E-state index in [1.165, 1.54) is 17.1 Å². The molecule has 0 saturated heterocycles. The van der Waals surface area contributed by atoms with Crippen molar-refractivity contribution in [2.75, 3.05) is 14.1 Å². The van der Waals surface area contributed by atoms with Crippen molar-refractivity contribution in [3.63, 3.8) is 0 Å². The Bertz CT molecular complexity index is 1050. The van der Waals surface area contributed by atoms with E-state index in [1.54, 1.807) is 12.5 Å². The highest BCUT2D eigenvalue weighted by Gasteiger charge is 2.10. The summed E-state index contributed by atoms with van der Waals surface area (Å²) in [5.41, 5.74) is 1.70. The maximum atomic E-state index is 4.49. The highest BCUT2D eigenvalue weighted by atomic mass is 15.3. The van der Waals surface area contributed by atoms with Gasteiger partial charge in [-0.15, -0.1) is 0 Å². The Morgan fingerprint density at radius 1 is 1.04 bits per heavy atom. The first-order valence-corrected chi connectivity index (χ1v) is 7.61. The maximum absolute atomic E-state index is 4.49. The van der Waals surface area contributed by atoms with Crippen LogP contribution in [0.4, 0.5) is 5.82 Å². The largest absolute Gasteiger partial charge is 0.369 e. The predicted octanol–water partition coefficient (Wildman–Crippen LogP) is 3.19. The summed E-state index contributed by atoms with van der Waals surface area (Å²) in [7, 11) is 3.83. The molecule has 2 aromatic carbocycles. The average Bonchev–Trinajstić information content (AvgIpc) is 3.04. The van der Waals surface area contributed by atoms with Gasteiger partial charge >= 0.3 is 0 Å². The Morgan fingerprint density at radius 2 is 1.88 bits per heavy atom. The molecule has 0 aliphatic rings. The molecule has 0 amide bonds. The molecule has 0 fully saturated rings. The van der Waals surface area contributed by atoms with E-state index < -0.39 is 0 Å². The van der Waals surface area contributed by atoms with E-state index in [1.807, 2.05) is 41.9 Å². The topological polar surface area (TPSA) is 59.2 Å². The number of rotatable bonds is 3. The molecule has 4 aromatic rings. The molecule has 6 heteroatoms. The molecule has 0 bridgehead atoms. The number of benzene rings is 2. The lowest BCUT2D eigenvalue weighted by Crippen LogP contribution is -2.07. The van der Waals surface area contributed by atoms with Gasteiger partial charge in [-0.1, -0.05) is 30.3 Å². The second kappa shape index (κ2) is 5.73.